The average molecular weight is 318 g/mol. The molecule has 0 aliphatic carbocycles. The molecule has 0 bridgehead atoms. The number of imidazole rings is 1. The van der Waals surface area contributed by atoms with E-state index in [0.717, 1.165) is 0 Å². The number of benzene rings is 1. The Morgan fingerprint density at radius 1 is 1.19 bits per heavy atom. The molecule has 106 valence electrons. The molecule has 3 aromatic rings. The van der Waals surface area contributed by atoms with Gasteiger partial charge < -0.3 is 15.3 Å². The van der Waals surface area contributed by atoms with E-state index in [4.69, 9.17) is 12.2 Å². The van der Waals surface area contributed by atoms with Crippen molar-refractivity contribution in [3.63, 3.8) is 0 Å². The number of nitrogens with one attached hydrogen (secondary N) is 4. The quantitative estimate of drug-likeness (QED) is 0.544. The predicted octanol–water partition coefficient (Wildman–Crippen LogP) is 2.04. The second-order valence-corrected chi connectivity index (χ2v) is 5.58. The molecule has 0 saturated carbocycles. The number of carbonyl (C=O) groups excluding carboxylic acids is 1. The topological polar surface area (TPSA) is 89.8 Å². The van der Waals surface area contributed by atoms with Crippen molar-refractivity contribution in [1.29, 1.82) is 0 Å². The lowest BCUT2D eigenvalue weighted by molar-refractivity contribution is 0.0981. The van der Waals surface area contributed by atoms with Gasteiger partial charge in [-0.05, 0) is 41.9 Å². The number of anilines is 1. The van der Waals surface area contributed by atoms with Crippen LogP contribution in [-0.4, -0.2) is 21.0 Å². The van der Waals surface area contributed by atoms with Gasteiger partial charge in [0.25, 0.3) is 5.91 Å². The van der Waals surface area contributed by atoms with Crippen LogP contribution in [0.2, 0.25) is 0 Å². The first-order valence-electron chi connectivity index (χ1n) is 6.00. The SMILES string of the molecule is O=C(NC(=S)Nc1ccc2[nH]c(=O)[nH]c2c1)c1cccs1. The zero-order valence-corrected chi connectivity index (χ0v) is 12.2. The average Bonchev–Trinajstić information content (AvgIpc) is 3.05. The van der Waals surface area contributed by atoms with E-state index in [1.165, 1.54) is 11.3 Å². The molecule has 0 fully saturated rings. The van der Waals surface area contributed by atoms with Crippen LogP contribution < -0.4 is 16.3 Å². The van der Waals surface area contributed by atoms with Gasteiger partial charge >= 0.3 is 5.69 Å². The highest BCUT2D eigenvalue weighted by molar-refractivity contribution is 7.80. The Labute approximate surface area is 128 Å². The van der Waals surface area contributed by atoms with Gasteiger partial charge in [-0.3, -0.25) is 10.1 Å². The Hall–Kier alpha value is -2.45. The summed E-state index contributed by atoms with van der Waals surface area (Å²) in [6.45, 7) is 0. The summed E-state index contributed by atoms with van der Waals surface area (Å²) in [6, 6.07) is 8.76. The number of thiophene rings is 1. The number of aromatic nitrogens is 2. The van der Waals surface area contributed by atoms with E-state index >= 15 is 0 Å². The highest BCUT2D eigenvalue weighted by atomic mass is 32.1. The van der Waals surface area contributed by atoms with Gasteiger partial charge in [-0.2, -0.15) is 0 Å². The van der Waals surface area contributed by atoms with Crippen LogP contribution in [0.3, 0.4) is 0 Å². The predicted molar refractivity (Wildman–Crippen MR) is 86.9 cm³/mol. The highest BCUT2D eigenvalue weighted by Crippen LogP contribution is 2.14. The number of hydrogen-bond donors (Lipinski definition) is 4. The lowest BCUT2D eigenvalue weighted by Gasteiger charge is -2.08. The number of thiocarbonyl (C=S) groups is 1. The summed E-state index contributed by atoms with van der Waals surface area (Å²) in [7, 11) is 0. The molecule has 0 radical (unpaired) electrons. The van der Waals surface area contributed by atoms with Crippen molar-refractivity contribution in [3.8, 4) is 0 Å². The minimum atomic E-state index is -0.268. The maximum absolute atomic E-state index is 11.8. The number of rotatable bonds is 2. The van der Waals surface area contributed by atoms with E-state index < -0.39 is 0 Å². The number of H-pyrrole nitrogens is 2. The van der Waals surface area contributed by atoms with Crippen LogP contribution in [0.15, 0.2) is 40.5 Å². The highest BCUT2D eigenvalue weighted by Gasteiger charge is 2.09. The smallest absolute Gasteiger partial charge is 0.323 e. The Balaban J connectivity index is 1.71. The van der Waals surface area contributed by atoms with E-state index in [-0.39, 0.29) is 16.7 Å². The van der Waals surface area contributed by atoms with Gasteiger partial charge in [0.2, 0.25) is 0 Å². The van der Waals surface area contributed by atoms with Gasteiger partial charge in [0.15, 0.2) is 5.11 Å². The fraction of sp³-hybridized carbons (Fsp3) is 0. The Morgan fingerprint density at radius 2 is 2.00 bits per heavy atom. The lowest BCUT2D eigenvalue weighted by atomic mass is 10.3. The monoisotopic (exact) mass is 318 g/mol. The standard InChI is InChI=1S/C13H10N4O2S2/c18-11(10-2-1-5-21-10)17-13(20)14-7-3-4-8-9(6-7)16-12(19)15-8/h1-6H,(H2,15,16,19)(H2,14,17,18,20). The molecular formula is C13H10N4O2S2. The molecule has 0 spiro atoms. The van der Waals surface area contributed by atoms with Crippen molar-refractivity contribution < 1.29 is 4.79 Å². The zero-order chi connectivity index (χ0) is 14.8. The van der Waals surface area contributed by atoms with Crippen LogP contribution in [0.1, 0.15) is 9.67 Å². The maximum atomic E-state index is 11.8. The van der Waals surface area contributed by atoms with Crippen molar-refractivity contribution in [2.45, 2.75) is 0 Å². The van der Waals surface area contributed by atoms with E-state index in [1.807, 2.05) is 5.38 Å². The fourth-order valence-corrected chi connectivity index (χ4v) is 2.67. The van der Waals surface area contributed by atoms with E-state index in [0.29, 0.717) is 21.6 Å². The van der Waals surface area contributed by atoms with Crippen molar-refractivity contribution >= 4 is 51.3 Å². The van der Waals surface area contributed by atoms with Crippen LogP contribution in [0.25, 0.3) is 11.0 Å². The molecule has 1 aromatic carbocycles. The third-order valence-electron chi connectivity index (χ3n) is 2.75. The molecule has 0 aliphatic heterocycles. The molecule has 0 unspecified atom stereocenters. The third kappa shape index (κ3) is 3.01. The van der Waals surface area contributed by atoms with Gasteiger partial charge in [0.05, 0.1) is 15.9 Å². The largest absolute Gasteiger partial charge is 0.332 e. The summed E-state index contributed by atoms with van der Waals surface area (Å²) in [5, 5.41) is 7.52. The lowest BCUT2D eigenvalue weighted by Crippen LogP contribution is -2.33. The summed E-state index contributed by atoms with van der Waals surface area (Å²) in [4.78, 5) is 28.9. The van der Waals surface area contributed by atoms with Crippen LogP contribution in [0, 0.1) is 0 Å². The first-order valence-corrected chi connectivity index (χ1v) is 7.28. The zero-order valence-electron chi connectivity index (χ0n) is 10.6. The number of amides is 1. The number of carbonyl (C=O) groups is 1. The molecule has 21 heavy (non-hydrogen) atoms. The van der Waals surface area contributed by atoms with Crippen molar-refractivity contribution in [2.24, 2.45) is 0 Å². The fourth-order valence-electron chi connectivity index (χ4n) is 1.85. The maximum Gasteiger partial charge on any atom is 0.323 e. The minimum Gasteiger partial charge on any atom is -0.332 e. The minimum absolute atomic E-state index is 0.200. The van der Waals surface area contributed by atoms with Crippen molar-refractivity contribution in [2.75, 3.05) is 5.32 Å². The molecule has 6 nitrogen and oxygen atoms in total. The van der Waals surface area contributed by atoms with Crippen LogP contribution in [0.4, 0.5) is 5.69 Å². The van der Waals surface area contributed by atoms with Gasteiger partial charge in [-0.25, -0.2) is 4.79 Å². The molecule has 3 rings (SSSR count). The van der Waals surface area contributed by atoms with Crippen LogP contribution >= 0.6 is 23.6 Å². The molecule has 0 saturated heterocycles. The van der Waals surface area contributed by atoms with Gasteiger partial charge in [-0.1, -0.05) is 6.07 Å². The first kappa shape index (κ1) is 13.5. The Bertz CT molecular complexity index is 864. The third-order valence-corrected chi connectivity index (χ3v) is 3.82. The summed E-state index contributed by atoms with van der Waals surface area (Å²) >= 11 is 6.44. The Morgan fingerprint density at radius 3 is 2.76 bits per heavy atom. The molecule has 2 aromatic heterocycles. The summed E-state index contributed by atoms with van der Waals surface area (Å²) in [6.07, 6.45) is 0. The molecular weight excluding hydrogens is 308 g/mol. The van der Waals surface area contributed by atoms with E-state index in [9.17, 15) is 9.59 Å². The van der Waals surface area contributed by atoms with Gasteiger partial charge in [0, 0.05) is 5.69 Å². The normalized spacial score (nSPS) is 10.5. The first-order chi connectivity index (χ1) is 10.1. The second-order valence-electron chi connectivity index (χ2n) is 4.23. The molecule has 8 heteroatoms. The number of fused-ring (bicyclic) bond motifs is 1. The summed E-state index contributed by atoms with van der Waals surface area (Å²) in [5.74, 6) is -0.251. The second kappa shape index (κ2) is 5.51. The molecule has 0 aliphatic rings. The van der Waals surface area contributed by atoms with Gasteiger partial charge in [-0.15, -0.1) is 11.3 Å². The molecule has 4 N–H and O–H groups in total. The van der Waals surface area contributed by atoms with Crippen LogP contribution in [-0.2, 0) is 0 Å². The van der Waals surface area contributed by atoms with E-state index in [2.05, 4.69) is 20.6 Å². The molecule has 2 heterocycles. The van der Waals surface area contributed by atoms with Crippen molar-refractivity contribution in [1.82, 2.24) is 15.3 Å². The van der Waals surface area contributed by atoms with Gasteiger partial charge in [0.1, 0.15) is 0 Å². The Kier molecular flexibility index (Phi) is 3.55. The van der Waals surface area contributed by atoms with Crippen molar-refractivity contribution in [3.05, 3.63) is 51.1 Å². The molecule has 1 amide bonds. The number of aromatic amines is 2. The molecule has 0 atom stereocenters. The summed E-state index contributed by atoms with van der Waals surface area (Å²) < 4.78 is 0. The summed E-state index contributed by atoms with van der Waals surface area (Å²) in [5.41, 5.74) is 1.78. The van der Waals surface area contributed by atoms with E-state index in [1.54, 1.807) is 30.3 Å². The van der Waals surface area contributed by atoms with Crippen LogP contribution in [0.5, 0.6) is 0 Å². The number of hydrogen-bond acceptors (Lipinski definition) is 4.